The molecule has 2 heterocycles. The molecule has 2 atom stereocenters. The largest absolute Gasteiger partial charge is 0.378 e. The Labute approximate surface area is 108 Å². The van der Waals surface area contributed by atoms with E-state index in [2.05, 4.69) is 16.3 Å². The number of carbonyl (C=O) groups excluding carboxylic acids is 1. The first-order chi connectivity index (χ1) is 8.70. The standard InChI is InChI=1S/C13H21N3O2/c1-10-12(4-9-18-10)13(17)15-11-2-6-16(7-3-11)8-5-14/h10-12H,2-4,6-9H2,1H3,(H,15,17). The van der Waals surface area contributed by atoms with Crippen molar-refractivity contribution in [3.05, 3.63) is 0 Å². The van der Waals surface area contributed by atoms with Crippen molar-refractivity contribution in [2.45, 2.75) is 38.3 Å². The molecular formula is C13H21N3O2. The average Bonchev–Trinajstić information content (AvgIpc) is 2.78. The van der Waals surface area contributed by atoms with Gasteiger partial charge in [0.15, 0.2) is 0 Å². The minimum absolute atomic E-state index is 0.0159. The highest BCUT2D eigenvalue weighted by Crippen LogP contribution is 2.21. The number of hydrogen-bond acceptors (Lipinski definition) is 4. The summed E-state index contributed by atoms with van der Waals surface area (Å²) in [6.45, 7) is 4.95. The third kappa shape index (κ3) is 3.21. The van der Waals surface area contributed by atoms with Gasteiger partial charge in [-0.1, -0.05) is 0 Å². The van der Waals surface area contributed by atoms with Gasteiger partial charge in [0, 0.05) is 25.7 Å². The van der Waals surface area contributed by atoms with Crippen molar-refractivity contribution in [1.82, 2.24) is 10.2 Å². The number of nitrogens with zero attached hydrogens (tertiary/aromatic N) is 2. The lowest BCUT2D eigenvalue weighted by molar-refractivity contribution is -0.127. The number of ether oxygens (including phenoxy) is 1. The highest BCUT2D eigenvalue weighted by molar-refractivity contribution is 5.79. The number of likely N-dealkylation sites (tertiary alicyclic amines) is 1. The van der Waals surface area contributed by atoms with E-state index in [1.54, 1.807) is 0 Å². The number of nitriles is 1. The van der Waals surface area contributed by atoms with Gasteiger partial charge in [-0.05, 0) is 26.2 Å². The summed E-state index contributed by atoms with van der Waals surface area (Å²) in [6, 6.07) is 2.43. The molecule has 0 saturated carbocycles. The maximum absolute atomic E-state index is 12.1. The quantitative estimate of drug-likeness (QED) is 0.742. The Hall–Kier alpha value is -1.12. The summed E-state index contributed by atoms with van der Waals surface area (Å²) >= 11 is 0. The summed E-state index contributed by atoms with van der Waals surface area (Å²) in [6.07, 6.45) is 2.76. The van der Waals surface area contributed by atoms with Gasteiger partial charge in [-0.15, -0.1) is 0 Å². The predicted octanol–water partition coefficient (Wildman–Crippen LogP) is 0.516. The molecule has 2 aliphatic rings. The van der Waals surface area contributed by atoms with E-state index in [4.69, 9.17) is 10.00 Å². The van der Waals surface area contributed by atoms with Gasteiger partial charge in [0.05, 0.1) is 24.6 Å². The van der Waals surface area contributed by atoms with E-state index in [1.165, 1.54) is 0 Å². The molecule has 1 amide bonds. The minimum Gasteiger partial charge on any atom is -0.378 e. The van der Waals surface area contributed by atoms with Crippen molar-refractivity contribution in [2.75, 3.05) is 26.2 Å². The Kier molecular flexibility index (Phi) is 4.56. The summed E-state index contributed by atoms with van der Waals surface area (Å²) in [7, 11) is 0. The fourth-order valence-electron chi connectivity index (χ4n) is 2.72. The maximum Gasteiger partial charge on any atom is 0.226 e. The van der Waals surface area contributed by atoms with Gasteiger partial charge < -0.3 is 10.1 Å². The highest BCUT2D eigenvalue weighted by Gasteiger charge is 2.32. The summed E-state index contributed by atoms with van der Waals surface area (Å²) in [4.78, 5) is 14.2. The van der Waals surface area contributed by atoms with Crippen LogP contribution in [-0.4, -0.2) is 49.2 Å². The van der Waals surface area contributed by atoms with Crippen molar-refractivity contribution >= 4 is 5.91 Å². The fourth-order valence-corrected chi connectivity index (χ4v) is 2.72. The molecule has 2 fully saturated rings. The normalized spacial score (nSPS) is 30.0. The van der Waals surface area contributed by atoms with Crippen LogP contribution in [0.2, 0.25) is 0 Å². The second kappa shape index (κ2) is 6.17. The SMILES string of the molecule is CC1OCCC1C(=O)NC1CCN(CC#N)CC1. The first kappa shape index (κ1) is 13.3. The topological polar surface area (TPSA) is 65.4 Å². The number of amides is 1. The average molecular weight is 251 g/mol. The van der Waals surface area contributed by atoms with Crippen LogP contribution in [-0.2, 0) is 9.53 Å². The van der Waals surface area contributed by atoms with Crippen LogP contribution in [0.15, 0.2) is 0 Å². The number of piperidine rings is 1. The lowest BCUT2D eigenvalue weighted by atomic mass is 9.99. The van der Waals surface area contributed by atoms with Gasteiger partial charge in [-0.2, -0.15) is 5.26 Å². The number of carbonyl (C=O) groups is 1. The van der Waals surface area contributed by atoms with Crippen molar-refractivity contribution in [3.63, 3.8) is 0 Å². The van der Waals surface area contributed by atoms with Gasteiger partial charge in [0.1, 0.15) is 0 Å². The summed E-state index contributed by atoms with van der Waals surface area (Å²) in [5, 5.41) is 11.8. The Morgan fingerprint density at radius 1 is 1.44 bits per heavy atom. The Bertz CT molecular complexity index is 332. The molecule has 0 aliphatic carbocycles. The minimum atomic E-state index is 0.0159. The number of hydrogen-bond donors (Lipinski definition) is 1. The second-order valence-corrected chi connectivity index (χ2v) is 5.19. The molecule has 0 aromatic heterocycles. The lowest BCUT2D eigenvalue weighted by Crippen LogP contribution is -2.47. The first-order valence-electron chi connectivity index (χ1n) is 6.72. The Morgan fingerprint density at radius 2 is 2.17 bits per heavy atom. The van der Waals surface area contributed by atoms with Gasteiger partial charge in [-0.3, -0.25) is 9.69 Å². The zero-order valence-corrected chi connectivity index (χ0v) is 10.9. The van der Waals surface area contributed by atoms with E-state index in [0.717, 1.165) is 32.4 Å². The second-order valence-electron chi connectivity index (χ2n) is 5.19. The smallest absolute Gasteiger partial charge is 0.226 e. The van der Waals surface area contributed by atoms with Crippen LogP contribution in [0, 0.1) is 17.2 Å². The van der Waals surface area contributed by atoms with Crippen LogP contribution in [0.25, 0.3) is 0 Å². The summed E-state index contributed by atoms with van der Waals surface area (Å²) in [5.74, 6) is 0.154. The molecule has 0 aromatic carbocycles. The Morgan fingerprint density at radius 3 is 2.72 bits per heavy atom. The molecule has 18 heavy (non-hydrogen) atoms. The first-order valence-corrected chi connectivity index (χ1v) is 6.72. The van der Waals surface area contributed by atoms with Crippen molar-refractivity contribution in [3.8, 4) is 6.07 Å². The zero-order valence-electron chi connectivity index (χ0n) is 10.9. The van der Waals surface area contributed by atoms with E-state index in [1.807, 2.05) is 6.92 Å². The predicted molar refractivity (Wildman–Crippen MR) is 66.7 cm³/mol. The van der Waals surface area contributed by atoms with Crippen LogP contribution >= 0.6 is 0 Å². The zero-order chi connectivity index (χ0) is 13.0. The third-order valence-corrected chi connectivity index (χ3v) is 3.94. The van der Waals surface area contributed by atoms with E-state index in [-0.39, 0.29) is 24.0 Å². The Balaban J connectivity index is 1.74. The van der Waals surface area contributed by atoms with Gasteiger partial charge in [-0.25, -0.2) is 0 Å². The molecule has 0 bridgehead atoms. The molecule has 100 valence electrons. The molecule has 2 aliphatic heterocycles. The van der Waals surface area contributed by atoms with Crippen molar-refractivity contribution in [2.24, 2.45) is 5.92 Å². The molecule has 2 rings (SSSR count). The van der Waals surface area contributed by atoms with Crippen molar-refractivity contribution in [1.29, 1.82) is 5.26 Å². The van der Waals surface area contributed by atoms with E-state index >= 15 is 0 Å². The molecule has 1 N–H and O–H groups in total. The molecule has 2 unspecified atom stereocenters. The number of rotatable bonds is 3. The summed E-state index contributed by atoms with van der Waals surface area (Å²) < 4.78 is 5.42. The van der Waals surface area contributed by atoms with Crippen molar-refractivity contribution < 1.29 is 9.53 Å². The highest BCUT2D eigenvalue weighted by atomic mass is 16.5. The van der Waals surface area contributed by atoms with E-state index in [0.29, 0.717) is 13.2 Å². The fraction of sp³-hybridized carbons (Fsp3) is 0.846. The molecule has 2 saturated heterocycles. The van der Waals surface area contributed by atoms with Crippen LogP contribution < -0.4 is 5.32 Å². The molecule has 5 nitrogen and oxygen atoms in total. The van der Waals surface area contributed by atoms with Crippen LogP contribution in [0.5, 0.6) is 0 Å². The van der Waals surface area contributed by atoms with Gasteiger partial charge in [0.2, 0.25) is 5.91 Å². The number of nitrogens with one attached hydrogen (secondary N) is 1. The summed E-state index contributed by atoms with van der Waals surface area (Å²) in [5.41, 5.74) is 0. The molecule has 0 radical (unpaired) electrons. The van der Waals surface area contributed by atoms with Gasteiger partial charge in [0.25, 0.3) is 0 Å². The van der Waals surface area contributed by atoms with E-state index < -0.39 is 0 Å². The van der Waals surface area contributed by atoms with Crippen LogP contribution in [0.4, 0.5) is 0 Å². The molecule has 0 spiro atoms. The lowest BCUT2D eigenvalue weighted by Gasteiger charge is -2.31. The van der Waals surface area contributed by atoms with Crippen LogP contribution in [0.3, 0.4) is 0 Å². The maximum atomic E-state index is 12.1. The molecule has 5 heteroatoms. The monoisotopic (exact) mass is 251 g/mol. The third-order valence-electron chi connectivity index (χ3n) is 3.94. The van der Waals surface area contributed by atoms with Crippen LogP contribution in [0.1, 0.15) is 26.2 Å². The molecule has 0 aromatic rings. The van der Waals surface area contributed by atoms with Gasteiger partial charge >= 0.3 is 0 Å². The van der Waals surface area contributed by atoms with E-state index in [9.17, 15) is 4.79 Å². The molecular weight excluding hydrogens is 230 g/mol.